The van der Waals surface area contributed by atoms with Crippen LogP contribution < -0.4 is 5.32 Å². The molecule has 1 fully saturated rings. The van der Waals surface area contributed by atoms with Gasteiger partial charge in [-0.1, -0.05) is 30.3 Å². The van der Waals surface area contributed by atoms with Crippen LogP contribution in [0.25, 0.3) is 11.0 Å². The highest BCUT2D eigenvalue weighted by atomic mass is 32.1. The van der Waals surface area contributed by atoms with E-state index in [1.165, 1.54) is 29.1 Å². The molecule has 0 unspecified atom stereocenters. The molecule has 2 aromatic carbocycles. The molecule has 1 aliphatic heterocycles. The normalized spacial score (nSPS) is 21.4. The van der Waals surface area contributed by atoms with Crippen molar-refractivity contribution in [3.63, 3.8) is 0 Å². The SMILES string of the molecule is CCO[C@@H]1[C@@H](NC(=O)c2ccco2)c2ccccc2C12CCN(Cc1ccc3nsnc3c1)CC2. The van der Waals surface area contributed by atoms with Crippen molar-refractivity contribution in [2.45, 2.75) is 43.9 Å². The van der Waals surface area contributed by atoms with E-state index in [1.54, 1.807) is 12.1 Å². The van der Waals surface area contributed by atoms with Gasteiger partial charge in [-0.05, 0) is 73.8 Å². The number of rotatable bonds is 6. The van der Waals surface area contributed by atoms with E-state index in [0.717, 1.165) is 49.1 Å². The Morgan fingerprint density at radius 1 is 1.14 bits per heavy atom. The van der Waals surface area contributed by atoms with Gasteiger partial charge in [0.15, 0.2) is 5.76 Å². The predicted octanol–water partition coefficient (Wildman–Crippen LogP) is 4.71. The van der Waals surface area contributed by atoms with Gasteiger partial charge in [-0.25, -0.2) is 0 Å². The first-order chi connectivity index (χ1) is 17.2. The maximum atomic E-state index is 12.9. The third-order valence-corrected chi connectivity index (χ3v) is 8.09. The highest BCUT2D eigenvalue weighted by molar-refractivity contribution is 7.00. The zero-order valence-electron chi connectivity index (χ0n) is 19.6. The van der Waals surface area contributed by atoms with Gasteiger partial charge in [0.2, 0.25) is 0 Å². The van der Waals surface area contributed by atoms with E-state index >= 15 is 0 Å². The molecule has 3 heterocycles. The number of likely N-dealkylation sites (tertiary alicyclic amines) is 1. The number of benzene rings is 2. The number of aromatic nitrogens is 2. The van der Waals surface area contributed by atoms with Crippen LogP contribution in [0, 0.1) is 0 Å². The molecule has 35 heavy (non-hydrogen) atoms. The number of hydrogen-bond donors (Lipinski definition) is 1. The minimum Gasteiger partial charge on any atom is -0.459 e. The number of amides is 1. The number of carbonyl (C=O) groups is 1. The minimum atomic E-state index is -0.213. The van der Waals surface area contributed by atoms with E-state index in [-0.39, 0.29) is 23.5 Å². The Morgan fingerprint density at radius 2 is 1.97 bits per heavy atom. The first kappa shape index (κ1) is 22.4. The Labute approximate surface area is 208 Å². The van der Waals surface area contributed by atoms with Gasteiger partial charge in [-0.15, -0.1) is 0 Å². The standard InChI is InChI=1S/C27H28N4O3S/c1-2-33-25-24(28-26(32)23-8-5-15-34-23)19-6-3-4-7-20(19)27(25)11-13-31(14-12-27)17-18-9-10-21-22(16-18)30-35-29-21/h3-10,15-16,24-25H,2,11-14,17H2,1H3,(H,28,32)/t24-,25+/m0/s1. The fraction of sp³-hybridized carbons (Fsp3) is 0.370. The highest BCUT2D eigenvalue weighted by Gasteiger charge is 2.54. The lowest BCUT2D eigenvalue weighted by Gasteiger charge is -2.44. The molecule has 2 aromatic heterocycles. The second kappa shape index (κ2) is 9.18. The molecular formula is C27H28N4O3S. The molecule has 1 saturated heterocycles. The van der Waals surface area contributed by atoms with Gasteiger partial charge in [-0.2, -0.15) is 8.75 Å². The zero-order valence-corrected chi connectivity index (χ0v) is 20.5. The maximum Gasteiger partial charge on any atom is 0.287 e. The number of nitrogens with zero attached hydrogens (tertiary/aromatic N) is 3. The molecule has 0 radical (unpaired) electrons. The average Bonchev–Trinajstić information content (AvgIpc) is 3.63. The first-order valence-electron chi connectivity index (χ1n) is 12.2. The summed E-state index contributed by atoms with van der Waals surface area (Å²) in [7, 11) is 0. The lowest BCUT2D eigenvalue weighted by Crippen LogP contribution is -2.50. The molecule has 7 nitrogen and oxygen atoms in total. The van der Waals surface area contributed by atoms with Crippen LogP contribution in [0.4, 0.5) is 0 Å². The van der Waals surface area contributed by atoms with Gasteiger partial charge in [0, 0.05) is 18.6 Å². The van der Waals surface area contributed by atoms with Gasteiger partial charge < -0.3 is 14.5 Å². The molecule has 0 saturated carbocycles. The molecule has 1 amide bonds. The van der Waals surface area contributed by atoms with Crippen LogP contribution in [-0.2, 0) is 16.7 Å². The van der Waals surface area contributed by atoms with Crippen molar-refractivity contribution in [3.05, 3.63) is 83.3 Å². The van der Waals surface area contributed by atoms with Crippen molar-refractivity contribution in [1.82, 2.24) is 19.0 Å². The van der Waals surface area contributed by atoms with Crippen LogP contribution in [0.3, 0.4) is 0 Å². The van der Waals surface area contributed by atoms with E-state index in [9.17, 15) is 4.79 Å². The largest absolute Gasteiger partial charge is 0.459 e. The van der Waals surface area contributed by atoms with E-state index in [4.69, 9.17) is 9.15 Å². The molecule has 0 bridgehead atoms. The number of fused-ring (bicyclic) bond motifs is 3. The summed E-state index contributed by atoms with van der Waals surface area (Å²) in [5.74, 6) is 0.113. The Kier molecular flexibility index (Phi) is 5.88. The fourth-order valence-corrected chi connectivity index (χ4v) is 6.43. The maximum absolute atomic E-state index is 12.9. The van der Waals surface area contributed by atoms with Crippen molar-refractivity contribution in [3.8, 4) is 0 Å². The van der Waals surface area contributed by atoms with Crippen LogP contribution in [-0.4, -0.2) is 45.4 Å². The van der Waals surface area contributed by atoms with Crippen LogP contribution in [0.5, 0.6) is 0 Å². The van der Waals surface area contributed by atoms with Crippen molar-refractivity contribution in [2.24, 2.45) is 0 Å². The average molecular weight is 489 g/mol. The number of ether oxygens (including phenoxy) is 1. The second-order valence-electron chi connectivity index (χ2n) is 9.41. The third kappa shape index (κ3) is 3.95. The van der Waals surface area contributed by atoms with Gasteiger partial charge in [0.1, 0.15) is 11.0 Å². The second-order valence-corrected chi connectivity index (χ2v) is 9.94. The number of furan rings is 1. The lowest BCUT2D eigenvalue weighted by molar-refractivity contribution is -0.0336. The Morgan fingerprint density at radius 3 is 2.77 bits per heavy atom. The molecule has 6 rings (SSSR count). The van der Waals surface area contributed by atoms with Crippen LogP contribution in [0.15, 0.2) is 65.3 Å². The summed E-state index contributed by atoms with van der Waals surface area (Å²) in [6.45, 7) is 5.44. The summed E-state index contributed by atoms with van der Waals surface area (Å²) in [5, 5.41) is 3.23. The van der Waals surface area contributed by atoms with Crippen molar-refractivity contribution in [1.29, 1.82) is 0 Å². The topological polar surface area (TPSA) is 80.5 Å². The van der Waals surface area contributed by atoms with Gasteiger partial charge in [-0.3, -0.25) is 9.69 Å². The highest BCUT2D eigenvalue weighted by Crippen LogP contribution is 2.52. The number of carbonyl (C=O) groups excluding carboxylic acids is 1. The van der Waals surface area contributed by atoms with Crippen molar-refractivity contribution < 1.29 is 13.9 Å². The van der Waals surface area contributed by atoms with E-state index in [0.29, 0.717) is 12.4 Å². The van der Waals surface area contributed by atoms with Crippen LogP contribution in [0.1, 0.15) is 53.1 Å². The fourth-order valence-electron chi connectivity index (χ4n) is 5.91. The zero-order chi connectivity index (χ0) is 23.8. The third-order valence-electron chi connectivity index (χ3n) is 7.53. The molecule has 4 aromatic rings. The van der Waals surface area contributed by atoms with Crippen LogP contribution >= 0.6 is 11.7 Å². The molecule has 2 aliphatic rings. The van der Waals surface area contributed by atoms with Crippen LogP contribution in [0.2, 0.25) is 0 Å². The van der Waals surface area contributed by atoms with E-state index in [1.807, 2.05) is 13.0 Å². The van der Waals surface area contributed by atoms with Crippen molar-refractivity contribution in [2.75, 3.05) is 19.7 Å². The Balaban J connectivity index is 1.24. The van der Waals surface area contributed by atoms with Gasteiger partial charge in [0.05, 0.1) is 30.1 Å². The lowest BCUT2D eigenvalue weighted by atomic mass is 9.71. The van der Waals surface area contributed by atoms with E-state index < -0.39 is 0 Å². The molecule has 1 aliphatic carbocycles. The Hall–Kier alpha value is -3.07. The quantitative estimate of drug-likeness (QED) is 0.424. The number of nitrogens with one attached hydrogen (secondary N) is 1. The molecule has 1 N–H and O–H groups in total. The molecule has 2 atom stereocenters. The number of piperidine rings is 1. The van der Waals surface area contributed by atoms with E-state index in [2.05, 4.69) is 55.4 Å². The smallest absolute Gasteiger partial charge is 0.287 e. The first-order valence-corrected chi connectivity index (χ1v) is 12.9. The molecule has 8 heteroatoms. The summed E-state index contributed by atoms with van der Waals surface area (Å²) in [4.78, 5) is 15.5. The Bertz CT molecular complexity index is 1330. The minimum absolute atomic E-state index is 0.122. The molecule has 1 spiro atoms. The molecular weight excluding hydrogens is 460 g/mol. The monoisotopic (exact) mass is 488 g/mol. The number of hydrogen-bond acceptors (Lipinski definition) is 7. The summed E-state index contributed by atoms with van der Waals surface area (Å²) in [6, 6.07) is 18.1. The summed E-state index contributed by atoms with van der Waals surface area (Å²) < 4.78 is 20.5. The van der Waals surface area contributed by atoms with Crippen molar-refractivity contribution >= 4 is 28.7 Å². The van der Waals surface area contributed by atoms with Gasteiger partial charge >= 0.3 is 0 Å². The summed E-state index contributed by atoms with van der Waals surface area (Å²) in [6.07, 6.45) is 3.35. The summed E-state index contributed by atoms with van der Waals surface area (Å²) in [5.41, 5.74) is 5.52. The van der Waals surface area contributed by atoms with Gasteiger partial charge in [0.25, 0.3) is 5.91 Å². The predicted molar refractivity (Wildman–Crippen MR) is 134 cm³/mol. The summed E-state index contributed by atoms with van der Waals surface area (Å²) >= 11 is 1.26. The molecule has 180 valence electrons.